The number of aromatic nitrogens is 3. The smallest absolute Gasteiger partial charge is 0.340 e. The summed E-state index contributed by atoms with van der Waals surface area (Å²) in [6.07, 6.45) is 1.55. The highest BCUT2D eigenvalue weighted by molar-refractivity contribution is 5.96. The quantitative estimate of drug-likeness (QED) is 0.619. The van der Waals surface area contributed by atoms with Gasteiger partial charge in [0.05, 0.1) is 24.1 Å². The van der Waals surface area contributed by atoms with Crippen molar-refractivity contribution in [2.75, 3.05) is 17.2 Å². The molecule has 138 valence electrons. The van der Waals surface area contributed by atoms with E-state index in [1.165, 1.54) is 5.56 Å². The van der Waals surface area contributed by atoms with Crippen LogP contribution < -0.4 is 10.6 Å². The molecule has 2 N–H and O–H groups in total. The number of aryl methyl sites for hydroxylation is 1. The zero-order valence-electron chi connectivity index (χ0n) is 15.3. The Hall–Kier alpha value is -3.48. The molecule has 3 rings (SSSR count). The third kappa shape index (κ3) is 5.01. The normalized spacial score (nSPS) is 10.3. The predicted molar refractivity (Wildman–Crippen MR) is 104 cm³/mol. The first kappa shape index (κ1) is 18.3. The minimum atomic E-state index is -0.401. The second kappa shape index (κ2) is 8.75. The Balaban J connectivity index is 1.71. The van der Waals surface area contributed by atoms with Crippen LogP contribution in [0.1, 0.15) is 28.4 Å². The Bertz CT molecular complexity index is 912. The number of hydrogen-bond acceptors (Lipinski definition) is 7. The number of ether oxygens (including phenoxy) is 1. The van der Waals surface area contributed by atoms with E-state index >= 15 is 0 Å². The van der Waals surface area contributed by atoms with Gasteiger partial charge in [-0.15, -0.1) is 5.10 Å². The summed E-state index contributed by atoms with van der Waals surface area (Å²) < 4.78 is 5.08. The lowest BCUT2D eigenvalue weighted by molar-refractivity contribution is 0.0527. The first-order chi connectivity index (χ1) is 13.2. The Kier molecular flexibility index (Phi) is 5.94. The molecule has 3 aromatic rings. The monoisotopic (exact) mass is 363 g/mol. The number of carbonyl (C=O) groups excluding carboxylic acids is 1. The van der Waals surface area contributed by atoms with Crippen LogP contribution in [0.2, 0.25) is 0 Å². The summed E-state index contributed by atoms with van der Waals surface area (Å²) in [5.74, 6) is 0.476. The van der Waals surface area contributed by atoms with E-state index in [0.717, 1.165) is 5.56 Å². The number of nitrogens with one attached hydrogen (secondary N) is 2. The van der Waals surface area contributed by atoms with E-state index in [1.54, 1.807) is 31.3 Å². The molecule has 0 saturated carbocycles. The van der Waals surface area contributed by atoms with Gasteiger partial charge in [0.25, 0.3) is 0 Å². The van der Waals surface area contributed by atoms with Crippen LogP contribution >= 0.6 is 0 Å². The molecule has 1 heterocycles. The molecule has 0 bridgehead atoms. The van der Waals surface area contributed by atoms with Gasteiger partial charge in [-0.05, 0) is 31.5 Å². The largest absolute Gasteiger partial charge is 0.462 e. The molecular weight excluding hydrogens is 342 g/mol. The van der Waals surface area contributed by atoms with Crippen LogP contribution in [0.4, 0.5) is 17.5 Å². The van der Waals surface area contributed by atoms with Crippen LogP contribution in [0, 0.1) is 6.92 Å². The molecule has 0 fully saturated rings. The van der Waals surface area contributed by atoms with Gasteiger partial charge in [-0.25, -0.2) is 4.79 Å². The summed E-state index contributed by atoms with van der Waals surface area (Å²) in [7, 11) is 0. The van der Waals surface area contributed by atoms with Crippen molar-refractivity contribution in [3.05, 3.63) is 71.4 Å². The maximum absolute atomic E-state index is 12.1. The van der Waals surface area contributed by atoms with Gasteiger partial charge in [0.2, 0.25) is 5.95 Å². The van der Waals surface area contributed by atoms with E-state index in [-0.39, 0.29) is 0 Å². The molecule has 7 nitrogen and oxygen atoms in total. The van der Waals surface area contributed by atoms with Crippen LogP contribution in [0.25, 0.3) is 0 Å². The lowest BCUT2D eigenvalue weighted by atomic mass is 10.1. The van der Waals surface area contributed by atoms with Crippen LogP contribution in [0.5, 0.6) is 0 Å². The molecule has 7 heteroatoms. The molecule has 1 aromatic heterocycles. The minimum absolute atomic E-state index is 0.292. The van der Waals surface area contributed by atoms with Crippen molar-refractivity contribution >= 4 is 23.4 Å². The summed E-state index contributed by atoms with van der Waals surface area (Å²) in [6, 6.07) is 15.3. The Morgan fingerprint density at radius 3 is 2.67 bits per heavy atom. The molecule has 0 aliphatic carbocycles. The van der Waals surface area contributed by atoms with Gasteiger partial charge in [-0.3, -0.25) is 0 Å². The van der Waals surface area contributed by atoms with Gasteiger partial charge < -0.3 is 15.4 Å². The Morgan fingerprint density at radius 2 is 1.89 bits per heavy atom. The summed E-state index contributed by atoms with van der Waals surface area (Å²) in [5, 5.41) is 14.2. The number of rotatable bonds is 7. The fourth-order valence-electron chi connectivity index (χ4n) is 2.44. The summed E-state index contributed by atoms with van der Waals surface area (Å²) in [4.78, 5) is 16.5. The van der Waals surface area contributed by atoms with E-state index in [1.807, 2.05) is 6.07 Å². The van der Waals surface area contributed by atoms with Crippen LogP contribution in [-0.2, 0) is 11.3 Å². The van der Waals surface area contributed by atoms with Crippen LogP contribution in [0.15, 0.2) is 54.7 Å². The van der Waals surface area contributed by atoms with Gasteiger partial charge in [-0.1, -0.05) is 42.0 Å². The van der Waals surface area contributed by atoms with Gasteiger partial charge in [0.15, 0.2) is 5.82 Å². The lowest BCUT2D eigenvalue weighted by Crippen LogP contribution is -2.10. The number of anilines is 3. The van der Waals surface area contributed by atoms with Crippen molar-refractivity contribution in [1.29, 1.82) is 0 Å². The van der Waals surface area contributed by atoms with Gasteiger partial charge >= 0.3 is 5.97 Å². The zero-order chi connectivity index (χ0) is 19.1. The Morgan fingerprint density at radius 1 is 1.11 bits per heavy atom. The molecule has 0 saturated heterocycles. The van der Waals surface area contributed by atoms with E-state index in [4.69, 9.17) is 4.74 Å². The number of para-hydroxylation sites is 1. The molecule has 0 amide bonds. The molecule has 0 atom stereocenters. The maximum atomic E-state index is 12.1. The number of hydrogen-bond donors (Lipinski definition) is 2. The van der Waals surface area contributed by atoms with Crippen LogP contribution in [-0.4, -0.2) is 27.8 Å². The molecule has 0 radical (unpaired) electrons. The fourth-order valence-corrected chi connectivity index (χ4v) is 2.44. The number of esters is 1. The van der Waals surface area contributed by atoms with E-state index in [2.05, 4.69) is 57.0 Å². The van der Waals surface area contributed by atoms with E-state index in [0.29, 0.717) is 36.2 Å². The molecule has 0 aliphatic rings. The highest BCUT2D eigenvalue weighted by atomic mass is 16.5. The molecular formula is C20H21N5O2. The van der Waals surface area contributed by atoms with E-state index in [9.17, 15) is 4.79 Å². The predicted octanol–water partition coefficient (Wildman–Crippen LogP) is 3.71. The third-order valence-corrected chi connectivity index (χ3v) is 3.82. The van der Waals surface area contributed by atoms with Crippen molar-refractivity contribution in [1.82, 2.24) is 15.2 Å². The molecule has 27 heavy (non-hydrogen) atoms. The number of carbonyl (C=O) groups is 1. The average molecular weight is 363 g/mol. The highest BCUT2D eigenvalue weighted by Gasteiger charge is 2.13. The highest BCUT2D eigenvalue weighted by Crippen LogP contribution is 2.20. The standard InChI is InChI=1S/C20H21N5O2/c1-3-27-19(26)16-6-4-5-7-17(16)23-20-24-18(13-22-25-20)21-12-15-10-8-14(2)9-11-15/h4-11,13H,3,12H2,1-2H3,(H2,21,23,24,25). The summed E-state index contributed by atoms with van der Waals surface area (Å²) >= 11 is 0. The second-order valence-corrected chi connectivity index (χ2v) is 5.90. The van der Waals surface area contributed by atoms with E-state index < -0.39 is 5.97 Å². The summed E-state index contributed by atoms with van der Waals surface area (Å²) in [5.41, 5.74) is 3.34. The Labute approximate surface area is 157 Å². The third-order valence-electron chi connectivity index (χ3n) is 3.82. The molecule has 0 aliphatic heterocycles. The van der Waals surface area contributed by atoms with Crippen molar-refractivity contribution in [2.24, 2.45) is 0 Å². The van der Waals surface area contributed by atoms with Crippen molar-refractivity contribution in [3.8, 4) is 0 Å². The maximum Gasteiger partial charge on any atom is 0.340 e. The first-order valence-corrected chi connectivity index (χ1v) is 8.68. The van der Waals surface area contributed by atoms with Gasteiger partial charge in [0, 0.05) is 6.54 Å². The second-order valence-electron chi connectivity index (χ2n) is 5.90. The molecule has 2 aromatic carbocycles. The number of benzene rings is 2. The number of nitrogens with zero attached hydrogens (tertiary/aromatic N) is 3. The van der Waals surface area contributed by atoms with Gasteiger partial charge in [-0.2, -0.15) is 10.1 Å². The van der Waals surface area contributed by atoms with Crippen molar-refractivity contribution < 1.29 is 9.53 Å². The SMILES string of the molecule is CCOC(=O)c1ccccc1Nc1nncc(NCc2ccc(C)cc2)n1. The molecule has 0 spiro atoms. The molecule has 0 unspecified atom stereocenters. The van der Waals surface area contributed by atoms with Crippen LogP contribution in [0.3, 0.4) is 0 Å². The average Bonchev–Trinajstić information content (AvgIpc) is 2.68. The topological polar surface area (TPSA) is 89.0 Å². The van der Waals surface area contributed by atoms with Gasteiger partial charge in [0.1, 0.15) is 0 Å². The minimum Gasteiger partial charge on any atom is -0.462 e. The first-order valence-electron chi connectivity index (χ1n) is 8.68. The fraction of sp³-hybridized carbons (Fsp3) is 0.200. The van der Waals surface area contributed by atoms with Crippen molar-refractivity contribution in [2.45, 2.75) is 20.4 Å². The lowest BCUT2D eigenvalue weighted by Gasteiger charge is -2.11. The van der Waals surface area contributed by atoms with Crippen molar-refractivity contribution in [3.63, 3.8) is 0 Å². The zero-order valence-corrected chi connectivity index (χ0v) is 15.3. The summed E-state index contributed by atoms with van der Waals surface area (Å²) in [6.45, 7) is 4.75.